The molecule has 0 unspecified atom stereocenters. The van der Waals surface area contributed by atoms with E-state index in [-0.39, 0.29) is 0 Å². The van der Waals surface area contributed by atoms with Crippen molar-refractivity contribution in [1.82, 2.24) is 10.3 Å². The van der Waals surface area contributed by atoms with E-state index < -0.39 is 5.76 Å². The maximum Gasteiger partial charge on any atom is 0.417 e. The van der Waals surface area contributed by atoms with Crippen LogP contribution in [0, 0.1) is 0 Å². The molecule has 2 rings (SSSR count). The second-order valence-electron chi connectivity index (χ2n) is 2.91. The molecule has 1 heterocycles. The summed E-state index contributed by atoms with van der Waals surface area (Å²) in [7, 11) is 0. The highest BCUT2D eigenvalue weighted by Crippen LogP contribution is 2.11. The molecule has 5 heteroatoms. The second kappa shape index (κ2) is 3.98. The molecular formula is C9H9BrN2O2. The maximum absolute atomic E-state index is 10.9. The van der Waals surface area contributed by atoms with Crippen molar-refractivity contribution < 1.29 is 4.42 Å². The molecule has 0 radical (unpaired) electrons. The van der Waals surface area contributed by atoms with Crippen LogP contribution in [0.5, 0.6) is 0 Å². The van der Waals surface area contributed by atoms with Gasteiger partial charge in [0, 0.05) is 6.54 Å². The number of H-pyrrole nitrogens is 1. The van der Waals surface area contributed by atoms with Crippen molar-refractivity contribution in [2.24, 2.45) is 0 Å². The van der Waals surface area contributed by atoms with E-state index in [1.807, 2.05) is 18.2 Å². The van der Waals surface area contributed by atoms with E-state index in [9.17, 15) is 4.79 Å². The molecule has 0 atom stereocenters. The number of aromatic nitrogens is 1. The van der Waals surface area contributed by atoms with E-state index in [1.54, 1.807) is 0 Å². The lowest BCUT2D eigenvalue weighted by Crippen LogP contribution is -2.09. The summed E-state index contributed by atoms with van der Waals surface area (Å²) in [5.74, 6) is -0.411. The van der Waals surface area contributed by atoms with E-state index in [1.165, 1.54) is 0 Å². The van der Waals surface area contributed by atoms with Crippen molar-refractivity contribution in [3.05, 3.63) is 34.3 Å². The molecule has 0 saturated carbocycles. The predicted molar refractivity (Wildman–Crippen MR) is 57.5 cm³/mol. The Morgan fingerprint density at radius 1 is 1.50 bits per heavy atom. The standard InChI is InChI=1S/C9H9BrN2O2/c10-5-11-4-6-1-2-7-8(3-6)14-9(13)12-7/h1-3,11H,4-5H2,(H,12,13). The lowest BCUT2D eigenvalue weighted by molar-refractivity contribution is 0.555. The number of fused-ring (bicyclic) bond motifs is 1. The Morgan fingerprint density at radius 3 is 3.14 bits per heavy atom. The first-order chi connectivity index (χ1) is 6.79. The van der Waals surface area contributed by atoms with Gasteiger partial charge in [-0.15, -0.1) is 0 Å². The summed E-state index contributed by atoms with van der Waals surface area (Å²) in [4.78, 5) is 13.5. The van der Waals surface area contributed by atoms with Crippen molar-refractivity contribution in [2.45, 2.75) is 6.54 Å². The van der Waals surface area contributed by atoms with Crippen LogP contribution in [0.4, 0.5) is 0 Å². The zero-order valence-electron chi connectivity index (χ0n) is 7.34. The molecule has 2 aromatic rings. The summed E-state index contributed by atoms with van der Waals surface area (Å²) in [6.45, 7) is 0.746. The molecule has 0 aliphatic rings. The third kappa shape index (κ3) is 1.88. The van der Waals surface area contributed by atoms with Crippen LogP contribution in [0.1, 0.15) is 5.56 Å². The van der Waals surface area contributed by atoms with E-state index in [0.717, 1.165) is 23.1 Å². The lowest BCUT2D eigenvalue weighted by Gasteiger charge is -1.99. The molecule has 0 amide bonds. The van der Waals surface area contributed by atoms with Gasteiger partial charge in [0.2, 0.25) is 0 Å². The number of hydrogen-bond acceptors (Lipinski definition) is 3. The van der Waals surface area contributed by atoms with E-state index in [2.05, 4.69) is 26.2 Å². The fourth-order valence-electron chi connectivity index (χ4n) is 1.29. The van der Waals surface area contributed by atoms with Crippen molar-refractivity contribution in [1.29, 1.82) is 0 Å². The van der Waals surface area contributed by atoms with E-state index >= 15 is 0 Å². The fourth-order valence-corrected chi connectivity index (χ4v) is 1.49. The number of halogens is 1. The van der Waals surface area contributed by atoms with Gasteiger partial charge in [0.15, 0.2) is 5.58 Å². The quantitative estimate of drug-likeness (QED) is 0.648. The molecule has 14 heavy (non-hydrogen) atoms. The summed E-state index contributed by atoms with van der Waals surface area (Å²) >= 11 is 3.27. The second-order valence-corrected chi connectivity index (χ2v) is 3.47. The Morgan fingerprint density at radius 2 is 2.36 bits per heavy atom. The summed E-state index contributed by atoms with van der Waals surface area (Å²) in [5, 5.41) is 3.12. The van der Waals surface area contributed by atoms with Crippen molar-refractivity contribution >= 4 is 27.0 Å². The minimum atomic E-state index is -0.411. The van der Waals surface area contributed by atoms with E-state index in [0.29, 0.717) is 5.58 Å². The minimum Gasteiger partial charge on any atom is -0.408 e. The number of benzene rings is 1. The molecule has 0 saturated heterocycles. The van der Waals surface area contributed by atoms with Gasteiger partial charge in [-0.1, -0.05) is 22.0 Å². The Labute approximate surface area is 88.4 Å². The summed E-state index contributed by atoms with van der Waals surface area (Å²) in [5.41, 5.74) is 3.16. The summed E-state index contributed by atoms with van der Waals surface area (Å²) in [6, 6.07) is 5.64. The Bertz CT molecular complexity index is 489. The topological polar surface area (TPSA) is 58.0 Å². The predicted octanol–water partition coefficient (Wildman–Crippen LogP) is 1.56. The molecule has 1 aromatic heterocycles. The molecule has 0 aliphatic carbocycles. The van der Waals surface area contributed by atoms with Gasteiger partial charge in [-0.3, -0.25) is 4.98 Å². The number of nitrogens with one attached hydrogen (secondary N) is 2. The van der Waals surface area contributed by atoms with Gasteiger partial charge in [0.05, 0.1) is 11.0 Å². The maximum atomic E-state index is 10.9. The fraction of sp³-hybridized carbons (Fsp3) is 0.222. The molecule has 1 aromatic carbocycles. The Kier molecular flexibility index (Phi) is 2.69. The highest BCUT2D eigenvalue weighted by molar-refractivity contribution is 9.09. The lowest BCUT2D eigenvalue weighted by atomic mass is 10.2. The highest BCUT2D eigenvalue weighted by atomic mass is 79.9. The SMILES string of the molecule is O=c1[nH]c2ccc(CNCBr)cc2o1. The van der Waals surface area contributed by atoms with E-state index in [4.69, 9.17) is 4.42 Å². The monoisotopic (exact) mass is 256 g/mol. The Balaban J connectivity index is 2.35. The van der Waals surface area contributed by atoms with Crippen LogP contribution < -0.4 is 11.1 Å². The third-order valence-corrected chi connectivity index (χ3v) is 2.31. The highest BCUT2D eigenvalue weighted by Gasteiger charge is 2.01. The number of alkyl halides is 1. The van der Waals surface area contributed by atoms with Gasteiger partial charge in [-0.2, -0.15) is 0 Å². The first-order valence-corrected chi connectivity index (χ1v) is 5.30. The largest absolute Gasteiger partial charge is 0.417 e. The van der Waals surface area contributed by atoms with Crippen LogP contribution in [0.25, 0.3) is 11.1 Å². The molecule has 4 nitrogen and oxygen atoms in total. The van der Waals surface area contributed by atoms with Gasteiger partial charge < -0.3 is 9.73 Å². The average Bonchev–Trinajstić information content (AvgIpc) is 2.54. The summed E-state index contributed by atoms with van der Waals surface area (Å²) in [6.07, 6.45) is 0. The molecule has 0 spiro atoms. The molecule has 0 aliphatic heterocycles. The first kappa shape index (κ1) is 9.48. The molecule has 2 N–H and O–H groups in total. The third-order valence-electron chi connectivity index (χ3n) is 1.91. The van der Waals surface area contributed by atoms with Crippen LogP contribution in [-0.4, -0.2) is 10.4 Å². The average molecular weight is 257 g/mol. The first-order valence-electron chi connectivity index (χ1n) is 4.18. The Hall–Kier alpha value is -1.07. The molecule has 0 fully saturated rings. The number of rotatable bonds is 3. The summed E-state index contributed by atoms with van der Waals surface area (Å²) < 4.78 is 4.94. The van der Waals surface area contributed by atoms with Crippen molar-refractivity contribution in [3.8, 4) is 0 Å². The van der Waals surface area contributed by atoms with Crippen LogP contribution in [0.15, 0.2) is 27.4 Å². The van der Waals surface area contributed by atoms with Crippen LogP contribution in [0.2, 0.25) is 0 Å². The van der Waals surface area contributed by atoms with Gasteiger partial charge in [-0.25, -0.2) is 4.79 Å². The smallest absolute Gasteiger partial charge is 0.408 e. The van der Waals surface area contributed by atoms with Crippen LogP contribution in [0.3, 0.4) is 0 Å². The minimum absolute atomic E-state index is 0.411. The molecular weight excluding hydrogens is 248 g/mol. The van der Waals surface area contributed by atoms with Crippen LogP contribution >= 0.6 is 15.9 Å². The van der Waals surface area contributed by atoms with Crippen molar-refractivity contribution in [3.63, 3.8) is 0 Å². The molecule has 74 valence electrons. The number of oxazole rings is 1. The molecule has 0 bridgehead atoms. The van der Waals surface area contributed by atoms with Crippen molar-refractivity contribution in [2.75, 3.05) is 5.45 Å². The zero-order chi connectivity index (χ0) is 9.97. The van der Waals surface area contributed by atoms with Crippen LogP contribution in [-0.2, 0) is 6.54 Å². The normalized spacial score (nSPS) is 10.9. The van der Waals surface area contributed by atoms with Gasteiger partial charge in [-0.05, 0) is 17.7 Å². The van der Waals surface area contributed by atoms with Gasteiger partial charge in [0.1, 0.15) is 0 Å². The zero-order valence-corrected chi connectivity index (χ0v) is 8.93. The number of aromatic amines is 1. The van der Waals surface area contributed by atoms with Gasteiger partial charge >= 0.3 is 5.76 Å². The van der Waals surface area contributed by atoms with Gasteiger partial charge in [0.25, 0.3) is 0 Å². The number of hydrogen-bond donors (Lipinski definition) is 2.